The van der Waals surface area contributed by atoms with Gasteiger partial charge in [-0.25, -0.2) is 0 Å². The molecule has 0 aromatic carbocycles. The molecule has 1 aromatic rings. The molecule has 0 saturated carbocycles. The molecule has 6 nitrogen and oxygen atoms in total. The number of nitrogens with zero attached hydrogens (tertiary/aromatic N) is 3. The van der Waals surface area contributed by atoms with Crippen LogP contribution < -0.4 is 5.32 Å². The van der Waals surface area contributed by atoms with E-state index in [-0.39, 0.29) is 5.91 Å². The fourth-order valence-corrected chi connectivity index (χ4v) is 1.83. The fourth-order valence-electron chi connectivity index (χ4n) is 1.83. The van der Waals surface area contributed by atoms with Gasteiger partial charge in [0.05, 0.1) is 6.54 Å². The van der Waals surface area contributed by atoms with Gasteiger partial charge in [-0.05, 0) is 6.42 Å². The first-order valence-corrected chi connectivity index (χ1v) is 5.41. The first kappa shape index (κ1) is 11.1. The number of piperidine rings is 1. The summed E-state index contributed by atoms with van der Waals surface area (Å²) in [6.45, 7) is 3.10. The van der Waals surface area contributed by atoms with Crippen LogP contribution in [0.25, 0.3) is 0 Å². The highest BCUT2D eigenvalue weighted by Gasteiger charge is 2.22. The number of likely N-dealkylation sites (tertiary alicyclic amines) is 1. The van der Waals surface area contributed by atoms with E-state index in [0.29, 0.717) is 30.7 Å². The van der Waals surface area contributed by atoms with E-state index in [0.717, 1.165) is 13.0 Å². The van der Waals surface area contributed by atoms with Crippen LogP contribution in [0.15, 0.2) is 4.52 Å². The molecular weight excluding hydrogens is 208 g/mol. The summed E-state index contributed by atoms with van der Waals surface area (Å²) in [5.41, 5.74) is 0. The van der Waals surface area contributed by atoms with Crippen molar-refractivity contribution in [3.8, 4) is 0 Å². The lowest BCUT2D eigenvalue weighted by atomic mass is 10.1. The maximum atomic E-state index is 11.3. The lowest BCUT2D eigenvalue weighted by Crippen LogP contribution is -2.46. The van der Waals surface area contributed by atoms with Crippen LogP contribution in [-0.2, 0) is 11.3 Å². The van der Waals surface area contributed by atoms with E-state index in [2.05, 4.69) is 15.5 Å². The van der Waals surface area contributed by atoms with Crippen LogP contribution >= 0.6 is 0 Å². The minimum Gasteiger partial charge on any atom is -0.344 e. The maximum absolute atomic E-state index is 11.3. The zero-order valence-corrected chi connectivity index (χ0v) is 9.56. The molecule has 2 heterocycles. The third-order valence-electron chi connectivity index (χ3n) is 2.75. The van der Waals surface area contributed by atoms with Crippen LogP contribution in [0, 0.1) is 6.92 Å². The predicted molar refractivity (Wildman–Crippen MR) is 56.5 cm³/mol. The van der Waals surface area contributed by atoms with Crippen molar-refractivity contribution < 1.29 is 9.32 Å². The third-order valence-corrected chi connectivity index (χ3v) is 2.75. The second-order valence-electron chi connectivity index (χ2n) is 4.12. The molecule has 1 N–H and O–H groups in total. The molecule has 1 amide bonds. The molecule has 1 aliphatic rings. The fraction of sp³-hybridized carbons (Fsp3) is 0.700. The van der Waals surface area contributed by atoms with Gasteiger partial charge < -0.3 is 14.7 Å². The molecule has 0 bridgehead atoms. The van der Waals surface area contributed by atoms with Crippen LogP contribution in [-0.4, -0.2) is 40.6 Å². The summed E-state index contributed by atoms with van der Waals surface area (Å²) in [5, 5.41) is 7.13. The minimum absolute atomic E-state index is 0.216. The Morgan fingerprint density at radius 2 is 2.44 bits per heavy atom. The molecule has 1 aliphatic heterocycles. The standard InChI is InChI=1S/C10H16N4O2/c1-7-12-9(13-16-7)5-11-8-3-4-10(15)14(2)6-8/h8,11H,3-6H2,1-2H3. The van der Waals surface area contributed by atoms with Crippen LogP contribution in [0.1, 0.15) is 24.6 Å². The smallest absolute Gasteiger partial charge is 0.223 e. The van der Waals surface area contributed by atoms with E-state index < -0.39 is 0 Å². The summed E-state index contributed by atoms with van der Waals surface area (Å²) in [7, 11) is 1.83. The van der Waals surface area contributed by atoms with Crippen molar-refractivity contribution in [2.75, 3.05) is 13.6 Å². The van der Waals surface area contributed by atoms with Crippen molar-refractivity contribution in [2.45, 2.75) is 32.4 Å². The average Bonchev–Trinajstić information content (AvgIpc) is 2.66. The molecule has 1 saturated heterocycles. The first-order chi connectivity index (χ1) is 7.65. The van der Waals surface area contributed by atoms with Gasteiger partial charge in [0.25, 0.3) is 0 Å². The number of hydrogen-bond acceptors (Lipinski definition) is 5. The Morgan fingerprint density at radius 3 is 3.06 bits per heavy atom. The highest BCUT2D eigenvalue weighted by atomic mass is 16.5. The van der Waals surface area contributed by atoms with Gasteiger partial charge in [0.2, 0.25) is 11.8 Å². The summed E-state index contributed by atoms with van der Waals surface area (Å²) in [6, 6.07) is 0.321. The number of hydrogen-bond donors (Lipinski definition) is 1. The monoisotopic (exact) mass is 224 g/mol. The molecule has 1 unspecified atom stereocenters. The quantitative estimate of drug-likeness (QED) is 0.787. The molecule has 0 aliphatic carbocycles. The molecule has 2 rings (SSSR count). The van der Waals surface area contributed by atoms with E-state index in [1.807, 2.05) is 7.05 Å². The van der Waals surface area contributed by atoms with Crippen molar-refractivity contribution >= 4 is 5.91 Å². The Morgan fingerprint density at radius 1 is 1.62 bits per heavy atom. The summed E-state index contributed by atoms with van der Waals surface area (Å²) in [6.07, 6.45) is 1.49. The van der Waals surface area contributed by atoms with E-state index >= 15 is 0 Å². The Hall–Kier alpha value is -1.43. The summed E-state index contributed by atoms with van der Waals surface area (Å²) < 4.78 is 4.88. The van der Waals surface area contributed by atoms with Crippen LogP contribution in [0.3, 0.4) is 0 Å². The second-order valence-corrected chi connectivity index (χ2v) is 4.12. The largest absolute Gasteiger partial charge is 0.344 e. The van der Waals surface area contributed by atoms with Crippen molar-refractivity contribution in [3.05, 3.63) is 11.7 Å². The SMILES string of the molecule is Cc1nc(CNC2CCC(=O)N(C)C2)no1. The number of amides is 1. The van der Waals surface area contributed by atoms with Gasteiger partial charge in [-0.3, -0.25) is 4.79 Å². The van der Waals surface area contributed by atoms with Crippen LogP contribution in [0.5, 0.6) is 0 Å². The highest BCUT2D eigenvalue weighted by Crippen LogP contribution is 2.09. The lowest BCUT2D eigenvalue weighted by Gasteiger charge is -2.29. The normalized spacial score (nSPS) is 21.5. The zero-order valence-electron chi connectivity index (χ0n) is 9.56. The molecule has 0 spiro atoms. The van der Waals surface area contributed by atoms with Gasteiger partial charge in [-0.1, -0.05) is 5.16 Å². The second kappa shape index (κ2) is 4.61. The first-order valence-electron chi connectivity index (χ1n) is 5.41. The number of carbonyl (C=O) groups is 1. The van der Waals surface area contributed by atoms with Gasteiger partial charge in [0.15, 0.2) is 5.82 Å². The van der Waals surface area contributed by atoms with Crippen LogP contribution in [0.4, 0.5) is 0 Å². The number of rotatable bonds is 3. The topological polar surface area (TPSA) is 71.3 Å². The minimum atomic E-state index is 0.216. The zero-order chi connectivity index (χ0) is 11.5. The maximum Gasteiger partial charge on any atom is 0.223 e. The van der Waals surface area contributed by atoms with Gasteiger partial charge in [0, 0.05) is 33.0 Å². The van der Waals surface area contributed by atoms with E-state index in [9.17, 15) is 4.79 Å². The predicted octanol–water partition coefficient (Wildman–Crippen LogP) is 0.0884. The van der Waals surface area contributed by atoms with Gasteiger partial charge >= 0.3 is 0 Å². The molecule has 1 aromatic heterocycles. The molecule has 1 atom stereocenters. The van der Waals surface area contributed by atoms with Gasteiger partial charge in [-0.15, -0.1) is 0 Å². The van der Waals surface area contributed by atoms with Gasteiger partial charge in [0.1, 0.15) is 0 Å². The lowest BCUT2D eigenvalue weighted by molar-refractivity contribution is -0.132. The Balaban J connectivity index is 1.80. The molecule has 6 heteroatoms. The van der Waals surface area contributed by atoms with E-state index in [1.54, 1.807) is 11.8 Å². The molecule has 16 heavy (non-hydrogen) atoms. The van der Waals surface area contributed by atoms with Crippen LogP contribution in [0.2, 0.25) is 0 Å². The summed E-state index contributed by atoms with van der Waals surface area (Å²) >= 11 is 0. The Kier molecular flexibility index (Phi) is 3.19. The third kappa shape index (κ3) is 2.57. The average molecular weight is 224 g/mol. The summed E-state index contributed by atoms with van der Waals surface area (Å²) in [4.78, 5) is 17.1. The Bertz CT molecular complexity index is 377. The molecule has 1 fully saturated rings. The number of nitrogens with one attached hydrogen (secondary N) is 1. The Labute approximate surface area is 94.0 Å². The van der Waals surface area contributed by atoms with E-state index in [4.69, 9.17) is 4.52 Å². The van der Waals surface area contributed by atoms with Crippen molar-refractivity contribution in [3.63, 3.8) is 0 Å². The highest BCUT2D eigenvalue weighted by molar-refractivity contribution is 5.76. The van der Waals surface area contributed by atoms with Crippen molar-refractivity contribution in [1.29, 1.82) is 0 Å². The molecule has 88 valence electrons. The van der Waals surface area contributed by atoms with E-state index in [1.165, 1.54) is 0 Å². The number of aromatic nitrogens is 2. The molecule has 0 radical (unpaired) electrons. The van der Waals surface area contributed by atoms with Crippen molar-refractivity contribution in [2.24, 2.45) is 0 Å². The van der Waals surface area contributed by atoms with Gasteiger partial charge in [-0.2, -0.15) is 4.98 Å². The van der Waals surface area contributed by atoms with Crippen molar-refractivity contribution in [1.82, 2.24) is 20.4 Å². The summed E-state index contributed by atoms with van der Waals surface area (Å²) in [5.74, 6) is 1.46. The number of aryl methyl sites for hydroxylation is 1. The number of carbonyl (C=O) groups excluding carboxylic acids is 1. The number of likely N-dealkylation sites (N-methyl/N-ethyl adjacent to an activating group) is 1. The molecular formula is C10H16N4O2.